The lowest BCUT2D eigenvalue weighted by atomic mass is 10.0. The second kappa shape index (κ2) is 7.08. The summed E-state index contributed by atoms with van der Waals surface area (Å²) in [5.41, 5.74) is 5.16. The van der Waals surface area contributed by atoms with Gasteiger partial charge in [0.25, 0.3) is 0 Å². The molecule has 128 valence electrons. The number of likely N-dealkylation sites (tertiary alicyclic amines) is 1. The largest absolute Gasteiger partial charge is 0.301 e. The predicted octanol–water partition coefficient (Wildman–Crippen LogP) is 2.96. The molecule has 1 saturated heterocycles. The molecule has 0 radical (unpaired) electrons. The molecular weight excluding hydrogens is 296 g/mol. The summed E-state index contributed by atoms with van der Waals surface area (Å²) in [4.78, 5) is 5.32. The molecule has 1 atom stereocenters. The van der Waals surface area contributed by atoms with Crippen LogP contribution < -0.4 is 0 Å². The van der Waals surface area contributed by atoms with Crippen LogP contribution in [0, 0.1) is 0 Å². The van der Waals surface area contributed by atoms with E-state index in [1.165, 1.54) is 49.3 Å². The Bertz CT molecular complexity index is 664. The van der Waals surface area contributed by atoms with Crippen LogP contribution >= 0.6 is 0 Å². The predicted molar refractivity (Wildman–Crippen MR) is 98.1 cm³/mol. The molecule has 3 heterocycles. The van der Waals surface area contributed by atoms with Gasteiger partial charge in [-0.15, -0.1) is 0 Å². The summed E-state index contributed by atoms with van der Waals surface area (Å²) >= 11 is 0. The maximum atomic E-state index is 4.61. The van der Waals surface area contributed by atoms with Crippen molar-refractivity contribution in [3.63, 3.8) is 0 Å². The lowest BCUT2D eigenvalue weighted by molar-refractivity contribution is 0.181. The fraction of sp³-hybridized carbons (Fsp3) is 0.550. The zero-order valence-corrected chi connectivity index (χ0v) is 14.7. The van der Waals surface area contributed by atoms with Crippen molar-refractivity contribution in [1.29, 1.82) is 0 Å². The van der Waals surface area contributed by atoms with Gasteiger partial charge >= 0.3 is 0 Å². The van der Waals surface area contributed by atoms with Crippen LogP contribution in [0.3, 0.4) is 0 Å². The molecule has 4 rings (SSSR count). The van der Waals surface area contributed by atoms with Crippen LogP contribution in [-0.2, 0) is 12.8 Å². The van der Waals surface area contributed by atoms with Crippen LogP contribution in [0.2, 0.25) is 0 Å². The zero-order valence-electron chi connectivity index (χ0n) is 14.7. The Hall–Kier alpha value is -1.65. The number of nitrogens with zero attached hydrogens (tertiary/aromatic N) is 3. The van der Waals surface area contributed by atoms with Crippen molar-refractivity contribution in [3.8, 4) is 11.3 Å². The standard InChI is InChI=1S/C20H28N4/c1-2-24-12-6-9-17(24)15-23-13-10-18-19(11-14-23)21-22-20(18)16-7-4-3-5-8-16/h3-5,7-8,17H,2,6,9-15H2,1H3,(H,21,22). The van der Waals surface area contributed by atoms with Gasteiger partial charge in [0, 0.05) is 48.9 Å². The summed E-state index contributed by atoms with van der Waals surface area (Å²) < 4.78 is 0. The first-order valence-corrected chi connectivity index (χ1v) is 9.43. The minimum absolute atomic E-state index is 0.762. The summed E-state index contributed by atoms with van der Waals surface area (Å²) in [6.45, 7) is 8.31. The van der Waals surface area contributed by atoms with Gasteiger partial charge in [-0.2, -0.15) is 5.10 Å². The van der Waals surface area contributed by atoms with E-state index in [1.807, 2.05) is 0 Å². The molecule has 1 N–H and O–H groups in total. The van der Waals surface area contributed by atoms with E-state index in [0.717, 1.165) is 37.7 Å². The summed E-state index contributed by atoms with van der Waals surface area (Å²) in [5, 5.41) is 7.92. The molecule has 4 heteroatoms. The zero-order chi connectivity index (χ0) is 16.4. The van der Waals surface area contributed by atoms with Crippen molar-refractivity contribution in [2.45, 2.75) is 38.6 Å². The molecule has 1 aromatic carbocycles. The van der Waals surface area contributed by atoms with Crippen LogP contribution in [0.1, 0.15) is 31.0 Å². The van der Waals surface area contributed by atoms with E-state index in [0.29, 0.717) is 0 Å². The molecule has 2 aromatic rings. The highest BCUT2D eigenvalue weighted by Crippen LogP contribution is 2.27. The van der Waals surface area contributed by atoms with E-state index < -0.39 is 0 Å². The lowest BCUT2D eigenvalue weighted by Crippen LogP contribution is -2.41. The van der Waals surface area contributed by atoms with Gasteiger partial charge < -0.3 is 4.90 Å². The first kappa shape index (κ1) is 15.9. The fourth-order valence-electron chi connectivity index (χ4n) is 4.36. The van der Waals surface area contributed by atoms with Gasteiger partial charge in [0.05, 0.1) is 5.69 Å². The Labute approximate surface area is 144 Å². The molecule has 4 nitrogen and oxygen atoms in total. The molecule has 2 aliphatic heterocycles. The van der Waals surface area contributed by atoms with Crippen LogP contribution in [0.5, 0.6) is 0 Å². The molecule has 0 bridgehead atoms. The highest BCUT2D eigenvalue weighted by Gasteiger charge is 2.27. The Morgan fingerprint density at radius 1 is 1.12 bits per heavy atom. The maximum absolute atomic E-state index is 4.61. The van der Waals surface area contributed by atoms with E-state index >= 15 is 0 Å². The molecule has 0 spiro atoms. The van der Waals surface area contributed by atoms with E-state index in [-0.39, 0.29) is 0 Å². The number of hydrogen-bond acceptors (Lipinski definition) is 3. The number of benzene rings is 1. The fourth-order valence-corrected chi connectivity index (χ4v) is 4.36. The third-order valence-corrected chi connectivity index (χ3v) is 5.73. The van der Waals surface area contributed by atoms with E-state index in [4.69, 9.17) is 0 Å². The number of likely N-dealkylation sites (N-methyl/N-ethyl adjacent to an activating group) is 1. The highest BCUT2D eigenvalue weighted by atomic mass is 15.2. The van der Waals surface area contributed by atoms with Gasteiger partial charge in [-0.05, 0) is 32.4 Å². The first-order valence-electron chi connectivity index (χ1n) is 9.43. The van der Waals surface area contributed by atoms with Gasteiger partial charge in [-0.3, -0.25) is 10.00 Å². The van der Waals surface area contributed by atoms with Crippen LogP contribution in [0.15, 0.2) is 30.3 Å². The summed E-state index contributed by atoms with van der Waals surface area (Å²) in [6, 6.07) is 11.3. The molecule has 0 amide bonds. The third kappa shape index (κ3) is 3.13. The van der Waals surface area contributed by atoms with E-state index in [1.54, 1.807) is 0 Å². The Morgan fingerprint density at radius 2 is 1.96 bits per heavy atom. The number of hydrogen-bond donors (Lipinski definition) is 1. The van der Waals surface area contributed by atoms with Crippen LogP contribution in [0.4, 0.5) is 0 Å². The van der Waals surface area contributed by atoms with Crippen molar-refractivity contribution < 1.29 is 0 Å². The Kier molecular flexibility index (Phi) is 4.67. The molecule has 0 saturated carbocycles. The smallest absolute Gasteiger partial charge is 0.0955 e. The van der Waals surface area contributed by atoms with E-state index in [9.17, 15) is 0 Å². The quantitative estimate of drug-likeness (QED) is 0.939. The minimum Gasteiger partial charge on any atom is -0.301 e. The SMILES string of the molecule is CCN1CCCC1CN1CCc2[nH]nc(-c3ccccc3)c2CC1. The summed E-state index contributed by atoms with van der Waals surface area (Å²) in [6.07, 6.45) is 4.93. The molecule has 24 heavy (non-hydrogen) atoms. The number of aromatic amines is 1. The topological polar surface area (TPSA) is 35.2 Å². The number of nitrogens with one attached hydrogen (secondary N) is 1. The highest BCUT2D eigenvalue weighted by molar-refractivity contribution is 5.64. The molecule has 2 aliphatic rings. The van der Waals surface area contributed by atoms with Crippen molar-refractivity contribution in [3.05, 3.63) is 41.6 Å². The van der Waals surface area contributed by atoms with Crippen LogP contribution in [-0.4, -0.2) is 58.8 Å². The van der Waals surface area contributed by atoms with Gasteiger partial charge in [0.2, 0.25) is 0 Å². The normalized spacial score (nSPS) is 22.5. The van der Waals surface area contributed by atoms with Crippen molar-refractivity contribution >= 4 is 0 Å². The maximum Gasteiger partial charge on any atom is 0.0955 e. The number of rotatable bonds is 4. The van der Waals surface area contributed by atoms with Gasteiger partial charge in [-0.25, -0.2) is 0 Å². The van der Waals surface area contributed by atoms with Gasteiger partial charge in [-0.1, -0.05) is 37.3 Å². The van der Waals surface area contributed by atoms with Gasteiger partial charge in [0.1, 0.15) is 0 Å². The van der Waals surface area contributed by atoms with Crippen molar-refractivity contribution in [1.82, 2.24) is 20.0 Å². The summed E-state index contributed by atoms with van der Waals surface area (Å²) in [5.74, 6) is 0. The third-order valence-electron chi connectivity index (χ3n) is 5.73. The minimum atomic E-state index is 0.762. The van der Waals surface area contributed by atoms with Crippen LogP contribution in [0.25, 0.3) is 11.3 Å². The molecule has 1 unspecified atom stereocenters. The second-order valence-electron chi connectivity index (χ2n) is 7.12. The number of fused-ring (bicyclic) bond motifs is 1. The lowest BCUT2D eigenvalue weighted by Gasteiger charge is -2.29. The molecule has 0 aliphatic carbocycles. The first-order chi connectivity index (χ1) is 11.8. The molecular formula is C20H28N4. The summed E-state index contributed by atoms with van der Waals surface area (Å²) in [7, 11) is 0. The molecule has 1 aromatic heterocycles. The number of H-pyrrole nitrogens is 1. The van der Waals surface area contributed by atoms with Crippen molar-refractivity contribution in [2.75, 3.05) is 32.7 Å². The average molecular weight is 324 g/mol. The second-order valence-corrected chi connectivity index (χ2v) is 7.12. The average Bonchev–Trinajstić information content (AvgIpc) is 3.19. The van der Waals surface area contributed by atoms with E-state index in [2.05, 4.69) is 57.3 Å². The molecule has 1 fully saturated rings. The van der Waals surface area contributed by atoms with Gasteiger partial charge in [0.15, 0.2) is 0 Å². The Balaban J connectivity index is 1.46. The Morgan fingerprint density at radius 3 is 2.79 bits per heavy atom. The monoisotopic (exact) mass is 324 g/mol. The number of aromatic nitrogens is 2. The van der Waals surface area contributed by atoms with Crippen molar-refractivity contribution in [2.24, 2.45) is 0 Å².